The maximum atomic E-state index is 13.7. The highest BCUT2D eigenvalue weighted by Gasteiger charge is 2.34. The number of benzene rings is 3. The number of rotatable bonds is 9. The Labute approximate surface area is 225 Å². The van der Waals surface area contributed by atoms with Gasteiger partial charge in [-0.1, -0.05) is 54.6 Å². The van der Waals surface area contributed by atoms with Crippen molar-refractivity contribution < 1.29 is 14.3 Å². The summed E-state index contributed by atoms with van der Waals surface area (Å²) in [4.78, 5) is 18.4. The van der Waals surface area contributed by atoms with Crippen molar-refractivity contribution in [2.75, 3.05) is 46.4 Å². The molecule has 1 saturated heterocycles. The highest BCUT2D eigenvalue weighted by Crippen LogP contribution is 2.34. The summed E-state index contributed by atoms with van der Waals surface area (Å²) < 4.78 is 11.0. The molecule has 7 nitrogen and oxygen atoms in total. The zero-order valence-corrected chi connectivity index (χ0v) is 22.3. The highest BCUT2D eigenvalue weighted by atomic mass is 16.5. The molecule has 0 N–H and O–H groups in total. The lowest BCUT2D eigenvalue weighted by atomic mass is 9.98. The van der Waals surface area contributed by atoms with Crippen LogP contribution in [0.25, 0.3) is 0 Å². The number of hydrazone groups is 1. The summed E-state index contributed by atoms with van der Waals surface area (Å²) in [6, 6.07) is 26.3. The van der Waals surface area contributed by atoms with Gasteiger partial charge < -0.3 is 9.47 Å². The van der Waals surface area contributed by atoms with E-state index in [-0.39, 0.29) is 11.9 Å². The SMILES string of the molecule is CCOc1ccc([C@H]2CC(c3cccc(OC)c3)=NN2C(=O)CN2CCN(Cc3ccccc3)CC2)cc1. The Balaban J connectivity index is 1.28. The van der Waals surface area contributed by atoms with Crippen molar-refractivity contribution in [3.63, 3.8) is 0 Å². The van der Waals surface area contributed by atoms with E-state index < -0.39 is 0 Å². The lowest BCUT2D eigenvalue weighted by Gasteiger charge is -2.35. The Morgan fingerprint density at radius 2 is 1.63 bits per heavy atom. The molecule has 2 aliphatic rings. The van der Waals surface area contributed by atoms with E-state index in [0.29, 0.717) is 19.6 Å². The van der Waals surface area contributed by atoms with Gasteiger partial charge in [0.2, 0.25) is 0 Å². The molecule has 1 amide bonds. The van der Waals surface area contributed by atoms with Crippen molar-refractivity contribution in [1.29, 1.82) is 0 Å². The molecule has 0 unspecified atom stereocenters. The summed E-state index contributed by atoms with van der Waals surface area (Å²) in [5.74, 6) is 1.63. The van der Waals surface area contributed by atoms with Crippen molar-refractivity contribution >= 4 is 11.6 Å². The Morgan fingerprint density at radius 1 is 0.895 bits per heavy atom. The summed E-state index contributed by atoms with van der Waals surface area (Å²) >= 11 is 0. The number of methoxy groups -OCH3 is 1. The molecular formula is C31H36N4O3. The third-order valence-electron chi connectivity index (χ3n) is 7.22. The molecule has 2 heterocycles. The molecule has 1 atom stereocenters. The van der Waals surface area contributed by atoms with Gasteiger partial charge in [-0.05, 0) is 42.3 Å². The van der Waals surface area contributed by atoms with E-state index in [0.717, 1.165) is 61.1 Å². The number of ether oxygens (including phenoxy) is 2. The Bertz CT molecular complexity index is 1240. The van der Waals surface area contributed by atoms with Crippen LogP contribution in [0.5, 0.6) is 11.5 Å². The largest absolute Gasteiger partial charge is 0.497 e. The fourth-order valence-electron chi connectivity index (χ4n) is 5.14. The van der Waals surface area contributed by atoms with Gasteiger partial charge in [-0.15, -0.1) is 0 Å². The maximum absolute atomic E-state index is 13.7. The first-order valence-electron chi connectivity index (χ1n) is 13.4. The average Bonchev–Trinajstić information content (AvgIpc) is 3.41. The highest BCUT2D eigenvalue weighted by molar-refractivity contribution is 6.03. The number of carbonyl (C=O) groups is 1. The second-order valence-corrected chi connectivity index (χ2v) is 9.78. The first kappa shape index (κ1) is 25.9. The lowest BCUT2D eigenvalue weighted by Crippen LogP contribution is -2.49. The van der Waals surface area contributed by atoms with Crippen LogP contribution in [0.1, 0.15) is 36.1 Å². The van der Waals surface area contributed by atoms with Crippen LogP contribution in [0.3, 0.4) is 0 Å². The van der Waals surface area contributed by atoms with Crippen LogP contribution in [-0.4, -0.2) is 72.9 Å². The van der Waals surface area contributed by atoms with Gasteiger partial charge in [-0.25, -0.2) is 5.01 Å². The fraction of sp³-hybridized carbons (Fsp3) is 0.355. The molecule has 0 spiro atoms. The minimum atomic E-state index is -0.154. The normalized spacial score (nSPS) is 18.3. The summed E-state index contributed by atoms with van der Waals surface area (Å²) in [6.45, 7) is 7.53. The predicted molar refractivity (Wildman–Crippen MR) is 150 cm³/mol. The lowest BCUT2D eigenvalue weighted by molar-refractivity contribution is -0.134. The third kappa shape index (κ3) is 6.23. The van der Waals surface area contributed by atoms with Crippen LogP contribution in [0.2, 0.25) is 0 Å². The second-order valence-electron chi connectivity index (χ2n) is 9.78. The van der Waals surface area contributed by atoms with Crippen molar-refractivity contribution in [1.82, 2.24) is 14.8 Å². The number of carbonyl (C=O) groups excluding carboxylic acids is 1. The first-order valence-corrected chi connectivity index (χ1v) is 13.4. The van der Waals surface area contributed by atoms with Gasteiger partial charge in [-0.3, -0.25) is 14.6 Å². The van der Waals surface area contributed by atoms with Crippen molar-refractivity contribution in [2.45, 2.75) is 25.9 Å². The Kier molecular flexibility index (Phi) is 8.36. The van der Waals surface area contributed by atoms with Gasteiger partial charge in [-0.2, -0.15) is 5.10 Å². The average molecular weight is 513 g/mol. The minimum absolute atomic E-state index is 0.0262. The van der Waals surface area contributed by atoms with Gasteiger partial charge in [0.25, 0.3) is 5.91 Å². The van der Waals surface area contributed by atoms with Crippen LogP contribution >= 0.6 is 0 Å². The Hall–Kier alpha value is -3.68. The monoisotopic (exact) mass is 512 g/mol. The smallest absolute Gasteiger partial charge is 0.257 e. The van der Waals surface area contributed by atoms with E-state index in [9.17, 15) is 4.79 Å². The van der Waals surface area contributed by atoms with Gasteiger partial charge in [0.15, 0.2) is 0 Å². The van der Waals surface area contributed by atoms with Gasteiger partial charge in [0, 0.05) is 44.7 Å². The predicted octanol–water partition coefficient (Wildman–Crippen LogP) is 4.59. The minimum Gasteiger partial charge on any atom is -0.497 e. The summed E-state index contributed by atoms with van der Waals surface area (Å²) in [5, 5.41) is 6.56. The molecule has 2 aliphatic heterocycles. The number of hydrogen-bond acceptors (Lipinski definition) is 6. The van der Waals surface area contributed by atoms with Crippen molar-refractivity contribution in [3.05, 3.63) is 95.6 Å². The summed E-state index contributed by atoms with van der Waals surface area (Å²) in [7, 11) is 1.66. The van der Waals surface area contributed by atoms with E-state index in [1.54, 1.807) is 12.1 Å². The summed E-state index contributed by atoms with van der Waals surface area (Å²) in [6.07, 6.45) is 0.651. The molecule has 0 saturated carbocycles. The molecule has 0 radical (unpaired) electrons. The van der Waals surface area contributed by atoms with E-state index in [4.69, 9.17) is 14.6 Å². The zero-order chi connectivity index (χ0) is 26.3. The molecule has 0 aromatic heterocycles. The molecule has 1 fully saturated rings. The van der Waals surface area contributed by atoms with Crippen LogP contribution in [0.4, 0.5) is 0 Å². The molecule has 0 aliphatic carbocycles. The van der Waals surface area contributed by atoms with Gasteiger partial charge >= 0.3 is 0 Å². The van der Waals surface area contributed by atoms with E-state index in [2.05, 4.69) is 34.1 Å². The molecule has 7 heteroatoms. The van der Waals surface area contributed by atoms with Crippen LogP contribution in [0.15, 0.2) is 84.0 Å². The summed E-state index contributed by atoms with van der Waals surface area (Å²) in [5.41, 5.74) is 4.25. The van der Waals surface area contributed by atoms with E-state index in [1.165, 1.54) is 5.56 Å². The number of nitrogens with zero attached hydrogens (tertiary/aromatic N) is 4. The van der Waals surface area contributed by atoms with Crippen molar-refractivity contribution in [2.24, 2.45) is 5.10 Å². The molecule has 198 valence electrons. The van der Waals surface area contributed by atoms with E-state index >= 15 is 0 Å². The first-order chi connectivity index (χ1) is 18.6. The fourth-order valence-corrected chi connectivity index (χ4v) is 5.14. The van der Waals surface area contributed by atoms with E-state index in [1.807, 2.05) is 61.5 Å². The van der Waals surface area contributed by atoms with Crippen molar-refractivity contribution in [3.8, 4) is 11.5 Å². The van der Waals surface area contributed by atoms with Crippen LogP contribution in [-0.2, 0) is 11.3 Å². The zero-order valence-electron chi connectivity index (χ0n) is 22.3. The van der Waals surface area contributed by atoms with Gasteiger partial charge in [0.05, 0.1) is 32.0 Å². The quantitative estimate of drug-likeness (QED) is 0.420. The van der Waals surface area contributed by atoms with Gasteiger partial charge in [0.1, 0.15) is 11.5 Å². The topological polar surface area (TPSA) is 57.6 Å². The molecule has 38 heavy (non-hydrogen) atoms. The van der Waals surface area contributed by atoms with Crippen LogP contribution < -0.4 is 9.47 Å². The Morgan fingerprint density at radius 3 is 2.34 bits per heavy atom. The molecule has 3 aromatic rings. The molecule has 3 aromatic carbocycles. The number of piperazine rings is 1. The molecular weight excluding hydrogens is 476 g/mol. The van der Waals surface area contributed by atoms with Crippen LogP contribution in [0, 0.1) is 0 Å². The second kappa shape index (κ2) is 12.2. The number of amides is 1. The third-order valence-corrected chi connectivity index (χ3v) is 7.22. The molecule has 0 bridgehead atoms. The standard InChI is InChI=1S/C31H36N4O3/c1-3-38-27-14-12-25(13-15-27)30-21-29(26-10-7-11-28(20-26)37-2)32-35(30)31(36)23-34-18-16-33(17-19-34)22-24-8-5-4-6-9-24/h4-15,20,30H,3,16-19,21-23H2,1-2H3/t30-/m1/s1. The molecule has 5 rings (SSSR count). The maximum Gasteiger partial charge on any atom is 0.257 e. The number of hydrogen-bond donors (Lipinski definition) is 0.